The minimum Gasteiger partial charge on any atom is -0.379 e. The van der Waals surface area contributed by atoms with Crippen LogP contribution in [-0.4, -0.2) is 88.1 Å². The highest BCUT2D eigenvalue weighted by Gasteiger charge is 2.20. The number of nitrogens with one attached hydrogen (secondary N) is 1. The lowest BCUT2D eigenvalue weighted by molar-refractivity contribution is 0.0364. The summed E-state index contributed by atoms with van der Waals surface area (Å²) in [5.74, 6) is 1.62. The van der Waals surface area contributed by atoms with Crippen LogP contribution in [0.5, 0.6) is 0 Å². The van der Waals surface area contributed by atoms with Crippen molar-refractivity contribution in [3.8, 4) is 21.7 Å². The van der Waals surface area contributed by atoms with E-state index in [1.807, 2.05) is 59.2 Å². The molecule has 0 saturated carbocycles. The highest BCUT2D eigenvalue weighted by Crippen LogP contribution is 2.34. The SMILES string of the molecule is Cc1cc(-c2nccs2)ccc1-c1cc2cnc(Nc3ccc(C4CN(C)CCS4)cc3)nc2n(CCN2CCOCC2)c1=O. The first-order chi connectivity index (χ1) is 22.0. The zero-order chi connectivity index (χ0) is 30.8. The smallest absolute Gasteiger partial charge is 0.260 e. The Kier molecular flexibility index (Phi) is 8.95. The van der Waals surface area contributed by atoms with E-state index in [1.165, 1.54) is 5.56 Å². The number of aromatic nitrogens is 4. The maximum Gasteiger partial charge on any atom is 0.260 e. The van der Waals surface area contributed by atoms with Crippen LogP contribution in [-0.2, 0) is 11.3 Å². The minimum absolute atomic E-state index is 0.0511. The number of aryl methyl sites for hydroxylation is 1. The zero-order valence-corrected chi connectivity index (χ0v) is 27.2. The summed E-state index contributed by atoms with van der Waals surface area (Å²) in [5.41, 5.74) is 6.47. The highest BCUT2D eigenvalue weighted by molar-refractivity contribution is 7.99. The van der Waals surface area contributed by atoms with Crippen LogP contribution < -0.4 is 10.9 Å². The van der Waals surface area contributed by atoms with E-state index < -0.39 is 0 Å². The molecule has 1 atom stereocenters. The molecule has 1 N–H and O–H groups in total. The first-order valence-electron chi connectivity index (χ1n) is 15.4. The molecule has 2 fully saturated rings. The van der Waals surface area contributed by atoms with Gasteiger partial charge in [0.15, 0.2) is 0 Å². The molecule has 2 saturated heterocycles. The number of likely N-dealkylation sites (N-methyl/N-ethyl adjacent to an activating group) is 1. The molecule has 5 heterocycles. The molecule has 45 heavy (non-hydrogen) atoms. The Morgan fingerprint density at radius 1 is 1.00 bits per heavy atom. The molecule has 232 valence electrons. The lowest BCUT2D eigenvalue weighted by Crippen LogP contribution is -2.39. The molecular weight excluding hydrogens is 603 g/mol. The Morgan fingerprint density at radius 2 is 1.84 bits per heavy atom. The quantitative estimate of drug-likeness (QED) is 0.230. The van der Waals surface area contributed by atoms with Crippen LogP contribution in [0.15, 0.2) is 71.1 Å². The van der Waals surface area contributed by atoms with E-state index in [0.717, 1.165) is 71.2 Å². The molecule has 2 aliphatic rings. The summed E-state index contributed by atoms with van der Waals surface area (Å²) in [6.45, 7) is 8.66. The van der Waals surface area contributed by atoms with E-state index >= 15 is 0 Å². The predicted octanol–water partition coefficient (Wildman–Crippen LogP) is 5.69. The number of thioether (sulfide) groups is 1. The van der Waals surface area contributed by atoms with Crippen LogP contribution in [0.3, 0.4) is 0 Å². The number of benzene rings is 2. The summed E-state index contributed by atoms with van der Waals surface area (Å²) in [7, 11) is 2.18. The third-order valence-electron chi connectivity index (χ3n) is 8.57. The predicted molar refractivity (Wildman–Crippen MR) is 185 cm³/mol. The normalized spacial score (nSPS) is 18.0. The topological polar surface area (TPSA) is 88.4 Å². The molecular formula is C34H37N7O2S2. The molecule has 0 bridgehead atoms. The van der Waals surface area contributed by atoms with Crippen molar-refractivity contribution < 1.29 is 4.74 Å². The Hall–Kier alpha value is -3.61. The second-order valence-electron chi connectivity index (χ2n) is 11.7. The minimum atomic E-state index is -0.0511. The fraction of sp³-hybridized carbons (Fsp3) is 0.353. The van der Waals surface area contributed by atoms with Crippen molar-refractivity contribution in [2.75, 3.05) is 64.1 Å². The van der Waals surface area contributed by atoms with Gasteiger partial charge in [-0.2, -0.15) is 16.7 Å². The Morgan fingerprint density at radius 3 is 2.60 bits per heavy atom. The van der Waals surface area contributed by atoms with Crippen molar-refractivity contribution in [3.05, 3.63) is 87.8 Å². The van der Waals surface area contributed by atoms with Crippen molar-refractivity contribution in [2.24, 2.45) is 0 Å². The number of morpholine rings is 1. The molecule has 7 rings (SSSR count). The summed E-state index contributed by atoms with van der Waals surface area (Å²) >= 11 is 3.62. The second kappa shape index (κ2) is 13.4. The zero-order valence-electron chi connectivity index (χ0n) is 25.6. The van der Waals surface area contributed by atoms with E-state index in [4.69, 9.17) is 9.72 Å². The third-order valence-corrected chi connectivity index (χ3v) is 10.6. The summed E-state index contributed by atoms with van der Waals surface area (Å²) in [4.78, 5) is 33.0. The van der Waals surface area contributed by atoms with Crippen molar-refractivity contribution in [3.63, 3.8) is 0 Å². The number of nitrogens with zero attached hydrogens (tertiary/aromatic N) is 6. The number of rotatable bonds is 8. The van der Waals surface area contributed by atoms with Crippen LogP contribution in [0, 0.1) is 6.92 Å². The van der Waals surface area contributed by atoms with Gasteiger partial charge in [-0.15, -0.1) is 11.3 Å². The van der Waals surface area contributed by atoms with Gasteiger partial charge in [0, 0.05) is 90.2 Å². The summed E-state index contributed by atoms with van der Waals surface area (Å²) in [5, 5.41) is 7.63. The lowest BCUT2D eigenvalue weighted by Gasteiger charge is -2.29. The van der Waals surface area contributed by atoms with Crippen molar-refractivity contribution in [2.45, 2.75) is 18.7 Å². The number of hydrogen-bond donors (Lipinski definition) is 1. The second-order valence-corrected chi connectivity index (χ2v) is 13.9. The Labute approximate surface area is 271 Å². The van der Waals surface area contributed by atoms with Gasteiger partial charge in [0.25, 0.3) is 5.56 Å². The van der Waals surface area contributed by atoms with Gasteiger partial charge in [0.2, 0.25) is 5.95 Å². The fourth-order valence-corrected chi connectivity index (χ4v) is 8.09. The number of fused-ring (bicyclic) bond motifs is 1. The largest absolute Gasteiger partial charge is 0.379 e. The number of hydrogen-bond acceptors (Lipinski definition) is 10. The van der Waals surface area contributed by atoms with Gasteiger partial charge >= 0.3 is 0 Å². The molecule has 2 aliphatic heterocycles. The lowest BCUT2D eigenvalue weighted by atomic mass is 9.98. The molecule has 2 aromatic carbocycles. The standard InChI is InChI=1S/C34H37N7O2S2/c1-23-19-25(32-35-9-17-45-32)5-8-28(23)29-20-26-21-36-34(37-27-6-3-24(4-7-27)30-22-39(2)14-18-44-30)38-31(26)41(33(29)42)11-10-40-12-15-43-16-13-40/h3-9,17,19-21,30H,10-16,18,22H2,1-2H3,(H,36,37,38). The van der Waals surface area contributed by atoms with E-state index in [-0.39, 0.29) is 5.56 Å². The number of anilines is 2. The van der Waals surface area contributed by atoms with Gasteiger partial charge in [-0.1, -0.05) is 24.3 Å². The van der Waals surface area contributed by atoms with E-state index in [0.29, 0.717) is 42.2 Å². The van der Waals surface area contributed by atoms with Gasteiger partial charge in [-0.05, 0) is 54.9 Å². The highest BCUT2D eigenvalue weighted by atomic mass is 32.2. The van der Waals surface area contributed by atoms with Gasteiger partial charge in [-0.25, -0.2) is 9.97 Å². The van der Waals surface area contributed by atoms with E-state index in [2.05, 4.69) is 62.5 Å². The molecule has 1 unspecified atom stereocenters. The molecule has 5 aromatic rings. The average molecular weight is 640 g/mol. The van der Waals surface area contributed by atoms with Gasteiger partial charge in [-0.3, -0.25) is 14.3 Å². The van der Waals surface area contributed by atoms with Crippen LogP contribution in [0.4, 0.5) is 11.6 Å². The number of ether oxygens (including phenoxy) is 1. The summed E-state index contributed by atoms with van der Waals surface area (Å²) in [6, 6.07) is 16.7. The van der Waals surface area contributed by atoms with E-state index in [1.54, 1.807) is 11.3 Å². The molecule has 9 nitrogen and oxygen atoms in total. The van der Waals surface area contributed by atoms with Crippen LogP contribution in [0.25, 0.3) is 32.7 Å². The maximum absolute atomic E-state index is 14.2. The molecule has 11 heteroatoms. The summed E-state index contributed by atoms with van der Waals surface area (Å²) < 4.78 is 7.37. The molecule has 0 aliphatic carbocycles. The monoisotopic (exact) mass is 639 g/mol. The number of thiazole rings is 1. The average Bonchev–Trinajstić information content (AvgIpc) is 3.61. The van der Waals surface area contributed by atoms with Crippen molar-refractivity contribution in [1.82, 2.24) is 29.3 Å². The van der Waals surface area contributed by atoms with Crippen molar-refractivity contribution in [1.29, 1.82) is 0 Å². The maximum atomic E-state index is 14.2. The molecule has 0 radical (unpaired) electrons. The van der Waals surface area contributed by atoms with E-state index in [9.17, 15) is 4.79 Å². The van der Waals surface area contributed by atoms with Gasteiger partial charge < -0.3 is 15.0 Å². The van der Waals surface area contributed by atoms with Crippen molar-refractivity contribution >= 4 is 45.8 Å². The Balaban J connectivity index is 1.21. The van der Waals surface area contributed by atoms with Gasteiger partial charge in [0.05, 0.1) is 13.2 Å². The molecule has 0 spiro atoms. The van der Waals surface area contributed by atoms with Crippen LogP contribution >= 0.6 is 23.1 Å². The fourth-order valence-electron chi connectivity index (χ4n) is 6.04. The van der Waals surface area contributed by atoms with Gasteiger partial charge in [0.1, 0.15) is 10.7 Å². The first kappa shape index (κ1) is 30.1. The Bertz CT molecular complexity index is 1840. The molecule has 3 aromatic heterocycles. The third kappa shape index (κ3) is 6.68. The first-order valence-corrected chi connectivity index (χ1v) is 17.3. The number of pyridine rings is 1. The van der Waals surface area contributed by atoms with Crippen LogP contribution in [0.1, 0.15) is 16.4 Å². The summed E-state index contributed by atoms with van der Waals surface area (Å²) in [6.07, 6.45) is 3.63. The molecule has 0 amide bonds. The van der Waals surface area contributed by atoms with Crippen LogP contribution in [0.2, 0.25) is 0 Å².